The summed E-state index contributed by atoms with van der Waals surface area (Å²) < 4.78 is 5.52. The molecule has 0 aliphatic heterocycles. The highest BCUT2D eigenvalue weighted by molar-refractivity contribution is 5.16. The monoisotopic (exact) mass is 239 g/mol. The maximum absolute atomic E-state index is 5.52. The SMILES string of the molecule is CCON(OC)C(C)(Cc1ccccc1)OC. The van der Waals surface area contributed by atoms with Crippen molar-refractivity contribution < 1.29 is 14.4 Å². The fraction of sp³-hybridized carbons (Fsp3) is 0.538. The van der Waals surface area contributed by atoms with Gasteiger partial charge in [-0.05, 0) is 24.6 Å². The topological polar surface area (TPSA) is 30.9 Å². The van der Waals surface area contributed by atoms with E-state index in [1.54, 1.807) is 14.2 Å². The van der Waals surface area contributed by atoms with E-state index < -0.39 is 5.72 Å². The molecule has 1 atom stereocenters. The highest BCUT2D eigenvalue weighted by atomic mass is 17.0. The summed E-state index contributed by atoms with van der Waals surface area (Å²) in [5, 5.41) is 1.40. The van der Waals surface area contributed by atoms with Gasteiger partial charge >= 0.3 is 0 Å². The van der Waals surface area contributed by atoms with Crippen molar-refractivity contribution in [1.29, 1.82) is 0 Å². The minimum atomic E-state index is -0.647. The van der Waals surface area contributed by atoms with E-state index in [1.165, 1.54) is 10.8 Å². The van der Waals surface area contributed by atoms with Crippen molar-refractivity contribution in [3.05, 3.63) is 35.9 Å². The van der Waals surface area contributed by atoms with Crippen molar-refractivity contribution >= 4 is 0 Å². The number of rotatable bonds is 7. The molecule has 17 heavy (non-hydrogen) atoms. The van der Waals surface area contributed by atoms with Crippen LogP contribution in [0.2, 0.25) is 0 Å². The highest BCUT2D eigenvalue weighted by Gasteiger charge is 2.34. The molecule has 1 rings (SSSR count). The molecular formula is C13H21NO3. The van der Waals surface area contributed by atoms with Gasteiger partial charge in [0.25, 0.3) is 0 Å². The Morgan fingerprint density at radius 2 is 1.82 bits per heavy atom. The average molecular weight is 239 g/mol. The molecule has 4 nitrogen and oxygen atoms in total. The van der Waals surface area contributed by atoms with Crippen LogP contribution in [0.25, 0.3) is 0 Å². The summed E-state index contributed by atoms with van der Waals surface area (Å²) in [7, 11) is 3.21. The maximum atomic E-state index is 5.52. The van der Waals surface area contributed by atoms with E-state index in [-0.39, 0.29) is 0 Å². The Balaban J connectivity index is 2.80. The lowest BCUT2D eigenvalue weighted by molar-refractivity contribution is -0.442. The molecule has 0 aromatic heterocycles. The van der Waals surface area contributed by atoms with E-state index in [2.05, 4.69) is 12.1 Å². The van der Waals surface area contributed by atoms with E-state index in [0.29, 0.717) is 13.0 Å². The van der Waals surface area contributed by atoms with Gasteiger partial charge in [-0.25, -0.2) is 0 Å². The lowest BCUT2D eigenvalue weighted by Crippen LogP contribution is -2.48. The minimum Gasteiger partial charge on any atom is -0.359 e. The molecule has 0 heterocycles. The zero-order valence-corrected chi connectivity index (χ0v) is 11.0. The fourth-order valence-electron chi connectivity index (χ4n) is 1.69. The van der Waals surface area contributed by atoms with Crippen LogP contribution in [-0.2, 0) is 20.8 Å². The van der Waals surface area contributed by atoms with Gasteiger partial charge in [0, 0.05) is 13.5 Å². The summed E-state index contributed by atoms with van der Waals surface area (Å²) in [5.41, 5.74) is 0.519. The second kappa shape index (κ2) is 6.71. The predicted molar refractivity (Wildman–Crippen MR) is 66.0 cm³/mol. The Hall–Kier alpha value is -0.940. The molecular weight excluding hydrogens is 218 g/mol. The van der Waals surface area contributed by atoms with E-state index in [0.717, 1.165) is 0 Å². The Morgan fingerprint density at radius 3 is 2.29 bits per heavy atom. The third-order valence-electron chi connectivity index (χ3n) is 2.61. The molecule has 96 valence electrons. The van der Waals surface area contributed by atoms with Crippen LogP contribution in [0.5, 0.6) is 0 Å². The molecule has 0 spiro atoms. The molecule has 1 unspecified atom stereocenters. The van der Waals surface area contributed by atoms with Crippen LogP contribution in [0.3, 0.4) is 0 Å². The van der Waals surface area contributed by atoms with Gasteiger partial charge in [-0.3, -0.25) is 9.68 Å². The van der Waals surface area contributed by atoms with Crippen molar-refractivity contribution in [3.63, 3.8) is 0 Å². The zero-order valence-electron chi connectivity index (χ0n) is 11.0. The number of hydrogen-bond acceptors (Lipinski definition) is 4. The molecule has 0 radical (unpaired) electrons. The number of methoxy groups -OCH3 is 1. The van der Waals surface area contributed by atoms with Crippen molar-refractivity contribution in [2.75, 3.05) is 20.8 Å². The second-order valence-corrected chi connectivity index (χ2v) is 3.90. The molecule has 4 heteroatoms. The third kappa shape index (κ3) is 3.78. The minimum absolute atomic E-state index is 0.529. The summed E-state index contributed by atoms with van der Waals surface area (Å²) in [6.07, 6.45) is 0.679. The number of hydrogen-bond donors (Lipinski definition) is 0. The molecule has 0 fully saturated rings. The van der Waals surface area contributed by atoms with Gasteiger partial charge in [-0.2, -0.15) is 0 Å². The first-order valence-electron chi connectivity index (χ1n) is 5.72. The summed E-state index contributed by atoms with van der Waals surface area (Å²) in [6, 6.07) is 10.1. The fourth-order valence-corrected chi connectivity index (χ4v) is 1.69. The van der Waals surface area contributed by atoms with Gasteiger partial charge in [0.1, 0.15) is 0 Å². The Labute approximate surface area is 103 Å². The van der Waals surface area contributed by atoms with E-state index >= 15 is 0 Å². The second-order valence-electron chi connectivity index (χ2n) is 3.90. The standard InChI is InChI=1S/C13H21NO3/c1-5-17-14(16-4)13(2,15-3)11-12-9-7-6-8-10-12/h6-10H,5,11H2,1-4H3. The maximum Gasteiger partial charge on any atom is 0.171 e. The van der Waals surface area contributed by atoms with Crippen LogP contribution in [-0.4, -0.2) is 31.8 Å². The highest BCUT2D eigenvalue weighted by Crippen LogP contribution is 2.22. The Morgan fingerprint density at radius 1 is 1.18 bits per heavy atom. The van der Waals surface area contributed by atoms with Crippen molar-refractivity contribution in [3.8, 4) is 0 Å². The van der Waals surface area contributed by atoms with Crippen LogP contribution < -0.4 is 0 Å². The first-order valence-corrected chi connectivity index (χ1v) is 5.72. The van der Waals surface area contributed by atoms with Gasteiger partial charge in [0.15, 0.2) is 5.72 Å². The smallest absolute Gasteiger partial charge is 0.171 e. The number of hydroxylamine groups is 2. The van der Waals surface area contributed by atoms with Gasteiger partial charge < -0.3 is 4.74 Å². The van der Waals surface area contributed by atoms with Crippen molar-refractivity contribution in [1.82, 2.24) is 5.23 Å². The van der Waals surface area contributed by atoms with E-state index in [9.17, 15) is 0 Å². The number of benzene rings is 1. The summed E-state index contributed by atoms with van der Waals surface area (Å²) in [4.78, 5) is 10.6. The molecule has 0 amide bonds. The molecule has 0 aliphatic carbocycles. The summed E-state index contributed by atoms with van der Waals surface area (Å²) in [6.45, 7) is 4.37. The Bertz CT molecular complexity index is 318. The first kappa shape index (κ1) is 14.1. The predicted octanol–water partition coefficient (Wildman–Crippen LogP) is 2.41. The van der Waals surface area contributed by atoms with Gasteiger partial charge in [0.2, 0.25) is 0 Å². The van der Waals surface area contributed by atoms with Gasteiger partial charge in [-0.1, -0.05) is 30.3 Å². The molecule has 0 aliphatic rings. The van der Waals surface area contributed by atoms with Gasteiger partial charge in [-0.15, -0.1) is 0 Å². The quantitative estimate of drug-likeness (QED) is 0.540. The van der Waals surface area contributed by atoms with Crippen LogP contribution in [0.1, 0.15) is 19.4 Å². The van der Waals surface area contributed by atoms with E-state index in [1.807, 2.05) is 32.0 Å². The molecule has 0 bridgehead atoms. The lowest BCUT2D eigenvalue weighted by atomic mass is 10.0. The lowest BCUT2D eigenvalue weighted by Gasteiger charge is -2.36. The first-order chi connectivity index (χ1) is 8.16. The van der Waals surface area contributed by atoms with Crippen molar-refractivity contribution in [2.24, 2.45) is 0 Å². The van der Waals surface area contributed by atoms with Crippen molar-refractivity contribution in [2.45, 2.75) is 26.0 Å². The van der Waals surface area contributed by atoms with Crippen LogP contribution >= 0.6 is 0 Å². The van der Waals surface area contributed by atoms with Crippen LogP contribution in [0, 0.1) is 0 Å². The largest absolute Gasteiger partial charge is 0.359 e. The average Bonchev–Trinajstić information content (AvgIpc) is 2.37. The van der Waals surface area contributed by atoms with Crippen LogP contribution in [0.4, 0.5) is 0 Å². The third-order valence-corrected chi connectivity index (χ3v) is 2.61. The zero-order chi connectivity index (χ0) is 12.7. The van der Waals surface area contributed by atoms with Gasteiger partial charge in [0.05, 0.1) is 13.7 Å². The molecule has 0 N–H and O–H groups in total. The summed E-state index contributed by atoms with van der Waals surface area (Å²) in [5.74, 6) is 0. The molecule has 1 aromatic rings. The van der Waals surface area contributed by atoms with Crippen LogP contribution in [0.15, 0.2) is 30.3 Å². The summed E-state index contributed by atoms with van der Waals surface area (Å²) >= 11 is 0. The normalized spacial score (nSPS) is 14.9. The van der Waals surface area contributed by atoms with E-state index in [4.69, 9.17) is 14.4 Å². The number of ether oxygens (including phenoxy) is 1. The molecule has 0 saturated carbocycles. The number of nitrogens with zero attached hydrogens (tertiary/aromatic N) is 1. The molecule has 1 aromatic carbocycles. The Kier molecular flexibility index (Phi) is 5.58. The molecule has 0 saturated heterocycles.